The first-order valence-electron chi connectivity index (χ1n) is 11.3. The Morgan fingerprint density at radius 3 is 2.67 bits per heavy atom. The molecule has 0 atom stereocenters. The van der Waals surface area contributed by atoms with E-state index in [1.54, 1.807) is 30.3 Å². The molecular formula is C23H30ClN5O3S. The normalized spacial score (nSPS) is 15.2. The van der Waals surface area contributed by atoms with Crippen LogP contribution in [-0.4, -0.2) is 69.4 Å². The molecule has 1 aromatic heterocycles. The summed E-state index contributed by atoms with van der Waals surface area (Å²) >= 11 is 6.07. The van der Waals surface area contributed by atoms with Crippen molar-refractivity contribution in [2.75, 3.05) is 45.9 Å². The Bertz CT molecular complexity index is 1140. The summed E-state index contributed by atoms with van der Waals surface area (Å²) in [7, 11) is -3.57. The van der Waals surface area contributed by atoms with Gasteiger partial charge >= 0.3 is 0 Å². The van der Waals surface area contributed by atoms with Crippen LogP contribution in [0.25, 0.3) is 10.9 Å². The standard InChI is InChI=1S/C23H30ClN5O3S/c24-18-4-9-23-21(17-18)22(27-28-23)3-1-10-26-33(30,31)20-7-5-19(6-8-20)32-16-2-13-29-14-11-25-12-15-29/h4-9,17,25-26H,1-3,10-16H2,(H,27,28). The molecule has 2 aromatic carbocycles. The first kappa shape index (κ1) is 24.0. The third-order valence-electron chi connectivity index (χ3n) is 5.72. The van der Waals surface area contributed by atoms with Crippen LogP contribution in [0.5, 0.6) is 5.75 Å². The monoisotopic (exact) mass is 491 g/mol. The SMILES string of the molecule is O=S(=O)(NCCCc1[nH]nc2ccc(Cl)cc12)c1ccc(OCCCN2CCNCC2)cc1. The van der Waals surface area contributed by atoms with Gasteiger partial charge in [0.05, 0.1) is 17.0 Å². The van der Waals surface area contributed by atoms with Gasteiger partial charge in [0, 0.05) is 55.4 Å². The molecule has 0 bridgehead atoms. The van der Waals surface area contributed by atoms with E-state index in [2.05, 4.69) is 25.1 Å². The number of benzene rings is 2. The molecule has 33 heavy (non-hydrogen) atoms. The van der Waals surface area contributed by atoms with Crippen molar-refractivity contribution in [1.29, 1.82) is 0 Å². The molecule has 3 N–H and O–H groups in total. The number of H-pyrrole nitrogens is 1. The number of hydrogen-bond acceptors (Lipinski definition) is 6. The Balaban J connectivity index is 1.20. The summed E-state index contributed by atoms with van der Waals surface area (Å²) in [6, 6.07) is 12.1. The molecule has 0 radical (unpaired) electrons. The second kappa shape index (κ2) is 11.3. The average molecular weight is 492 g/mol. The predicted molar refractivity (Wildman–Crippen MR) is 130 cm³/mol. The van der Waals surface area contributed by atoms with Gasteiger partial charge in [-0.25, -0.2) is 13.1 Å². The maximum absolute atomic E-state index is 12.6. The minimum absolute atomic E-state index is 0.231. The largest absolute Gasteiger partial charge is 0.494 e. The lowest BCUT2D eigenvalue weighted by Gasteiger charge is -2.26. The van der Waals surface area contributed by atoms with Crippen molar-refractivity contribution < 1.29 is 13.2 Å². The van der Waals surface area contributed by atoms with Crippen LogP contribution in [0, 0.1) is 0 Å². The number of fused-ring (bicyclic) bond motifs is 1. The molecule has 0 saturated carbocycles. The average Bonchev–Trinajstić information content (AvgIpc) is 3.22. The number of piperazine rings is 1. The van der Waals surface area contributed by atoms with Gasteiger partial charge in [-0.2, -0.15) is 5.10 Å². The highest BCUT2D eigenvalue weighted by Crippen LogP contribution is 2.21. The second-order valence-electron chi connectivity index (χ2n) is 8.13. The van der Waals surface area contributed by atoms with Gasteiger partial charge in [0.1, 0.15) is 5.75 Å². The van der Waals surface area contributed by atoms with Gasteiger partial charge in [0.15, 0.2) is 0 Å². The van der Waals surface area contributed by atoms with E-state index in [1.165, 1.54) is 0 Å². The maximum Gasteiger partial charge on any atom is 0.240 e. The first-order chi connectivity index (χ1) is 16.0. The number of halogens is 1. The van der Waals surface area contributed by atoms with E-state index >= 15 is 0 Å². The van der Waals surface area contributed by atoms with Gasteiger partial charge < -0.3 is 15.0 Å². The van der Waals surface area contributed by atoms with Crippen LogP contribution in [0.1, 0.15) is 18.5 Å². The van der Waals surface area contributed by atoms with Crippen LogP contribution in [0.3, 0.4) is 0 Å². The Hall–Kier alpha value is -2.17. The third kappa shape index (κ3) is 6.68. The number of hydrogen-bond donors (Lipinski definition) is 3. The van der Waals surface area contributed by atoms with Crippen LogP contribution in [0.15, 0.2) is 47.4 Å². The topological polar surface area (TPSA) is 99.3 Å². The second-order valence-corrected chi connectivity index (χ2v) is 10.3. The molecule has 1 aliphatic heterocycles. The van der Waals surface area contributed by atoms with Crippen LogP contribution >= 0.6 is 11.6 Å². The molecule has 10 heteroatoms. The zero-order valence-corrected chi connectivity index (χ0v) is 20.1. The van der Waals surface area contributed by atoms with Crippen molar-refractivity contribution in [2.45, 2.75) is 24.2 Å². The van der Waals surface area contributed by atoms with Gasteiger partial charge in [-0.05, 0) is 61.7 Å². The molecular weight excluding hydrogens is 462 g/mol. The fraction of sp³-hybridized carbons (Fsp3) is 0.435. The minimum atomic E-state index is -3.57. The van der Waals surface area contributed by atoms with Crippen LogP contribution in [0.4, 0.5) is 0 Å². The van der Waals surface area contributed by atoms with E-state index in [0.29, 0.717) is 36.8 Å². The van der Waals surface area contributed by atoms with E-state index in [9.17, 15) is 8.42 Å². The van der Waals surface area contributed by atoms with E-state index in [0.717, 1.165) is 55.7 Å². The number of rotatable bonds is 11. The van der Waals surface area contributed by atoms with Gasteiger partial charge in [0.2, 0.25) is 10.0 Å². The van der Waals surface area contributed by atoms with E-state index in [1.807, 2.05) is 12.1 Å². The highest BCUT2D eigenvalue weighted by atomic mass is 35.5. The molecule has 3 aromatic rings. The van der Waals surface area contributed by atoms with Gasteiger partial charge in [-0.3, -0.25) is 5.10 Å². The molecule has 178 valence electrons. The molecule has 0 amide bonds. The summed E-state index contributed by atoms with van der Waals surface area (Å²) in [5, 5.41) is 12.2. The summed E-state index contributed by atoms with van der Waals surface area (Å²) in [5.41, 5.74) is 1.80. The molecule has 8 nitrogen and oxygen atoms in total. The summed E-state index contributed by atoms with van der Waals surface area (Å²) in [6.07, 6.45) is 2.25. The summed E-state index contributed by atoms with van der Waals surface area (Å²) in [5.74, 6) is 0.680. The third-order valence-corrected chi connectivity index (χ3v) is 7.43. The van der Waals surface area contributed by atoms with Crippen molar-refractivity contribution in [3.63, 3.8) is 0 Å². The molecule has 1 saturated heterocycles. The zero-order chi connectivity index (χ0) is 23.1. The van der Waals surface area contributed by atoms with E-state index in [-0.39, 0.29) is 4.90 Å². The number of sulfonamides is 1. The number of ether oxygens (including phenoxy) is 1. The first-order valence-corrected chi connectivity index (χ1v) is 13.2. The van der Waals surface area contributed by atoms with E-state index in [4.69, 9.17) is 16.3 Å². The quantitative estimate of drug-likeness (QED) is 0.357. The molecule has 4 rings (SSSR count). The fourth-order valence-electron chi connectivity index (χ4n) is 3.91. The lowest BCUT2D eigenvalue weighted by Crippen LogP contribution is -2.43. The van der Waals surface area contributed by atoms with Crippen molar-refractivity contribution in [1.82, 2.24) is 25.1 Å². The molecule has 0 spiro atoms. The van der Waals surface area contributed by atoms with Gasteiger partial charge in [-0.1, -0.05) is 11.6 Å². The van der Waals surface area contributed by atoms with Crippen molar-refractivity contribution in [3.8, 4) is 5.75 Å². The Kier molecular flexibility index (Phi) is 8.21. The highest BCUT2D eigenvalue weighted by molar-refractivity contribution is 7.89. The summed E-state index contributed by atoms with van der Waals surface area (Å²) in [4.78, 5) is 2.65. The maximum atomic E-state index is 12.6. The van der Waals surface area contributed by atoms with Crippen LogP contribution in [0.2, 0.25) is 5.02 Å². The molecule has 1 aliphatic rings. The van der Waals surface area contributed by atoms with Crippen molar-refractivity contribution >= 4 is 32.5 Å². The van der Waals surface area contributed by atoms with Gasteiger partial charge in [0.25, 0.3) is 0 Å². The van der Waals surface area contributed by atoms with Gasteiger partial charge in [-0.15, -0.1) is 0 Å². The van der Waals surface area contributed by atoms with Crippen LogP contribution < -0.4 is 14.8 Å². The lowest BCUT2D eigenvalue weighted by atomic mass is 10.1. The molecule has 2 heterocycles. The molecule has 0 aliphatic carbocycles. The number of aryl methyl sites for hydroxylation is 1. The summed E-state index contributed by atoms with van der Waals surface area (Å²) < 4.78 is 33.6. The zero-order valence-electron chi connectivity index (χ0n) is 18.5. The predicted octanol–water partition coefficient (Wildman–Crippen LogP) is 2.80. The Morgan fingerprint density at radius 1 is 1.09 bits per heavy atom. The number of aromatic amines is 1. The van der Waals surface area contributed by atoms with E-state index < -0.39 is 10.0 Å². The lowest BCUT2D eigenvalue weighted by molar-refractivity contribution is 0.214. The Morgan fingerprint density at radius 2 is 1.88 bits per heavy atom. The van der Waals surface area contributed by atoms with Crippen molar-refractivity contribution in [3.05, 3.63) is 53.2 Å². The summed E-state index contributed by atoms with van der Waals surface area (Å²) in [6.45, 7) is 6.19. The number of nitrogens with one attached hydrogen (secondary N) is 3. The van der Waals surface area contributed by atoms with Crippen LogP contribution in [-0.2, 0) is 16.4 Å². The highest BCUT2D eigenvalue weighted by Gasteiger charge is 2.14. The Labute approximate surface area is 199 Å². The number of aromatic nitrogens is 2. The fourth-order valence-corrected chi connectivity index (χ4v) is 5.16. The minimum Gasteiger partial charge on any atom is -0.494 e. The smallest absolute Gasteiger partial charge is 0.240 e. The molecule has 1 fully saturated rings. The molecule has 0 unspecified atom stereocenters. The van der Waals surface area contributed by atoms with Crippen molar-refractivity contribution in [2.24, 2.45) is 0 Å². The number of nitrogens with zero attached hydrogens (tertiary/aromatic N) is 2.